The molecule has 0 spiro atoms. The number of nitrogens with one attached hydrogen (secondary N) is 1. The molecule has 1 rings (SSSR count). The number of amides is 1. The zero-order valence-corrected chi connectivity index (χ0v) is 9.37. The summed E-state index contributed by atoms with van der Waals surface area (Å²) in [5.41, 5.74) is 0.854. The Morgan fingerprint density at radius 2 is 1.94 bits per heavy atom. The molecule has 0 aromatic rings. The van der Waals surface area contributed by atoms with Crippen molar-refractivity contribution < 1.29 is 23.8 Å². The highest BCUT2D eigenvalue weighted by Gasteiger charge is 2.16. The zero-order chi connectivity index (χ0) is 12.0. The number of esters is 1. The van der Waals surface area contributed by atoms with E-state index in [0.717, 1.165) is 5.57 Å². The number of alkyl carbamates (subject to hydrolysis) is 1. The molecule has 90 valence electrons. The maximum Gasteiger partial charge on any atom is 0.413 e. The van der Waals surface area contributed by atoms with Crippen LogP contribution in [0.25, 0.3) is 0 Å². The van der Waals surface area contributed by atoms with E-state index in [-0.39, 0.29) is 5.88 Å². The van der Waals surface area contributed by atoms with Crippen molar-refractivity contribution in [3.63, 3.8) is 0 Å². The van der Waals surface area contributed by atoms with Gasteiger partial charge >= 0.3 is 12.1 Å². The van der Waals surface area contributed by atoms with Crippen molar-refractivity contribution in [2.45, 2.75) is 19.8 Å². The molecule has 0 unspecified atom stereocenters. The molecular weight excluding hydrogens is 214 g/mol. The van der Waals surface area contributed by atoms with Crippen LogP contribution in [0.3, 0.4) is 0 Å². The lowest BCUT2D eigenvalue weighted by atomic mass is 10.1. The van der Waals surface area contributed by atoms with Gasteiger partial charge in [0.2, 0.25) is 5.88 Å². The van der Waals surface area contributed by atoms with E-state index >= 15 is 0 Å². The van der Waals surface area contributed by atoms with E-state index in [1.54, 1.807) is 0 Å². The van der Waals surface area contributed by atoms with Crippen molar-refractivity contribution in [2.75, 3.05) is 20.3 Å². The van der Waals surface area contributed by atoms with Gasteiger partial charge in [-0.2, -0.15) is 0 Å². The van der Waals surface area contributed by atoms with E-state index < -0.39 is 12.1 Å². The molecule has 6 heteroatoms. The summed E-state index contributed by atoms with van der Waals surface area (Å²) in [6.07, 6.45) is 0.606. The Labute approximate surface area is 93.5 Å². The molecule has 1 amide bonds. The standard InChI is InChI=1S/C10H15NO5/c1-7(12)16-9(11-10(13)14-2)8-3-5-15-6-4-8/h3-6H2,1-2H3,(H,11,13). The third-order valence-electron chi connectivity index (χ3n) is 2.06. The highest BCUT2D eigenvalue weighted by Crippen LogP contribution is 2.17. The lowest BCUT2D eigenvalue weighted by Crippen LogP contribution is -2.28. The van der Waals surface area contributed by atoms with Crippen LogP contribution in [-0.4, -0.2) is 32.4 Å². The molecule has 0 aromatic carbocycles. The Morgan fingerprint density at radius 1 is 1.31 bits per heavy atom. The summed E-state index contributed by atoms with van der Waals surface area (Å²) in [7, 11) is 1.25. The Morgan fingerprint density at radius 3 is 2.44 bits per heavy atom. The predicted octanol–water partition coefficient (Wildman–Crippen LogP) is 0.928. The molecule has 1 saturated heterocycles. The first kappa shape index (κ1) is 12.5. The first-order valence-electron chi connectivity index (χ1n) is 4.96. The average molecular weight is 229 g/mol. The fraction of sp³-hybridized carbons (Fsp3) is 0.600. The second kappa shape index (κ2) is 6.12. The molecule has 0 atom stereocenters. The number of rotatable bonds is 2. The van der Waals surface area contributed by atoms with E-state index in [2.05, 4.69) is 10.1 Å². The van der Waals surface area contributed by atoms with E-state index in [0.29, 0.717) is 26.1 Å². The Balaban J connectivity index is 2.75. The van der Waals surface area contributed by atoms with Crippen LogP contribution in [0.2, 0.25) is 0 Å². The van der Waals surface area contributed by atoms with Gasteiger partial charge in [0.15, 0.2) is 0 Å². The van der Waals surface area contributed by atoms with Crippen LogP contribution in [0, 0.1) is 0 Å². The monoisotopic (exact) mass is 229 g/mol. The van der Waals surface area contributed by atoms with Gasteiger partial charge in [0.05, 0.1) is 20.3 Å². The molecule has 1 aliphatic rings. The van der Waals surface area contributed by atoms with Gasteiger partial charge < -0.3 is 14.2 Å². The second-order valence-electron chi connectivity index (χ2n) is 3.26. The lowest BCUT2D eigenvalue weighted by Gasteiger charge is -2.18. The van der Waals surface area contributed by atoms with Gasteiger partial charge in [-0.1, -0.05) is 0 Å². The summed E-state index contributed by atoms with van der Waals surface area (Å²) in [4.78, 5) is 21.9. The van der Waals surface area contributed by atoms with Gasteiger partial charge in [-0.15, -0.1) is 0 Å². The number of carbonyl (C=O) groups is 2. The molecule has 1 heterocycles. The second-order valence-corrected chi connectivity index (χ2v) is 3.26. The highest BCUT2D eigenvalue weighted by atomic mass is 16.6. The van der Waals surface area contributed by atoms with E-state index in [1.807, 2.05) is 0 Å². The maximum absolute atomic E-state index is 11.1. The molecule has 6 nitrogen and oxygen atoms in total. The smallest absolute Gasteiger partial charge is 0.413 e. The predicted molar refractivity (Wildman–Crippen MR) is 54.4 cm³/mol. The van der Waals surface area contributed by atoms with Crippen LogP contribution in [0.1, 0.15) is 19.8 Å². The van der Waals surface area contributed by atoms with Gasteiger partial charge in [-0.25, -0.2) is 4.79 Å². The van der Waals surface area contributed by atoms with Crippen LogP contribution < -0.4 is 5.32 Å². The summed E-state index contributed by atoms with van der Waals surface area (Å²) >= 11 is 0. The first-order valence-corrected chi connectivity index (χ1v) is 4.96. The van der Waals surface area contributed by atoms with E-state index in [1.165, 1.54) is 14.0 Å². The van der Waals surface area contributed by atoms with Crippen molar-refractivity contribution in [3.8, 4) is 0 Å². The average Bonchev–Trinajstić information content (AvgIpc) is 2.28. The minimum Gasteiger partial charge on any atom is -0.453 e. The van der Waals surface area contributed by atoms with E-state index in [4.69, 9.17) is 9.47 Å². The molecule has 0 radical (unpaired) electrons. The lowest BCUT2D eigenvalue weighted by molar-refractivity contribution is -0.137. The zero-order valence-electron chi connectivity index (χ0n) is 9.37. The third kappa shape index (κ3) is 3.90. The van der Waals surface area contributed by atoms with Crippen LogP contribution in [0.5, 0.6) is 0 Å². The van der Waals surface area contributed by atoms with Crippen LogP contribution in [-0.2, 0) is 19.0 Å². The quantitative estimate of drug-likeness (QED) is 0.563. The van der Waals surface area contributed by atoms with Gasteiger partial charge in [0, 0.05) is 6.92 Å². The van der Waals surface area contributed by atoms with Crippen LogP contribution in [0.15, 0.2) is 11.5 Å². The van der Waals surface area contributed by atoms with Crippen LogP contribution in [0.4, 0.5) is 4.79 Å². The van der Waals surface area contributed by atoms with Gasteiger partial charge in [-0.05, 0) is 18.4 Å². The van der Waals surface area contributed by atoms with E-state index in [9.17, 15) is 9.59 Å². The topological polar surface area (TPSA) is 73.9 Å². The molecule has 0 saturated carbocycles. The van der Waals surface area contributed by atoms with Gasteiger partial charge in [0.25, 0.3) is 0 Å². The number of ether oxygens (including phenoxy) is 3. The summed E-state index contributed by atoms with van der Waals surface area (Å²) in [6.45, 7) is 2.39. The minimum atomic E-state index is -0.657. The first-order chi connectivity index (χ1) is 7.63. The molecule has 0 aromatic heterocycles. The van der Waals surface area contributed by atoms with Gasteiger partial charge in [0.1, 0.15) is 0 Å². The highest BCUT2D eigenvalue weighted by molar-refractivity contribution is 5.72. The van der Waals surface area contributed by atoms with Gasteiger partial charge in [-0.3, -0.25) is 10.1 Å². The molecule has 0 bridgehead atoms. The molecule has 1 fully saturated rings. The minimum absolute atomic E-state index is 0.169. The molecule has 1 N–H and O–H groups in total. The van der Waals surface area contributed by atoms with Crippen molar-refractivity contribution in [2.24, 2.45) is 0 Å². The number of methoxy groups -OCH3 is 1. The number of hydrogen-bond donors (Lipinski definition) is 1. The van der Waals surface area contributed by atoms with Crippen molar-refractivity contribution >= 4 is 12.1 Å². The Bertz CT molecular complexity index is 302. The Kier molecular flexibility index (Phi) is 4.78. The SMILES string of the molecule is COC(=O)NC(OC(C)=O)=C1CCOCC1. The number of hydrogen-bond acceptors (Lipinski definition) is 5. The summed E-state index contributed by atoms with van der Waals surface area (Å²) in [5.74, 6) is -0.312. The fourth-order valence-electron chi connectivity index (χ4n) is 1.32. The maximum atomic E-state index is 11.1. The molecule has 16 heavy (non-hydrogen) atoms. The molecular formula is C10H15NO5. The van der Waals surface area contributed by atoms with Crippen molar-refractivity contribution in [1.82, 2.24) is 5.32 Å². The summed E-state index contributed by atoms with van der Waals surface area (Å²) in [5, 5.41) is 2.39. The van der Waals surface area contributed by atoms with Crippen molar-refractivity contribution in [1.29, 1.82) is 0 Å². The molecule has 1 aliphatic heterocycles. The third-order valence-corrected chi connectivity index (χ3v) is 2.06. The number of carbonyl (C=O) groups excluding carboxylic acids is 2. The van der Waals surface area contributed by atoms with Crippen molar-refractivity contribution in [3.05, 3.63) is 11.5 Å². The van der Waals surface area contributed by atoms with Crippen LogP contribution >= 0.6 is 0 Å². The summed E-state index contributed by atoms with van der Waals surface area (Å²) in [6, 6.07) is 0. The Hall–Kier alpha value is -1.56. The normalized spacial score (nSPS) is 15.2. The summed E-state index contributed by atoms with van der Waals surface area (Å²) < 4.78 is 14.5. The largest absolute Gasteiger partial charge is 0.453 e. The fourth-order valence-corrected chi connectivity index (χ4v) is 1.32. The molecule has 0 aliphatic carbocycles.